The normalized spacial score (nSPS) is 11.8. The molecule has 2 N–H and O–H groups in total. The molecule has 102 valence electrons. The summed E-state index contributed by atoms with van der Waals surface area (Å²) >= 11 is 1.56. The zero-order valence-corrected chi connectivity index (χ0v) is 12.2. The summed E-state index contributed by atoms with van der Waals surface area (Å²) in [5.74, 6) is 0.693. The lowest BCUT2D eigenvalue weighted by molar-refractivity contribution is 0.181. The van der Waals surface area contributed by atoms with E-state index in [2.05, 4.69) is 10.3 Å². The van der Waals surface area contributed by atoms with Gasteiger partial charge in [0.1, 0.15) is 10.9 Å². The van der Waals surface area contributed by atoms with E-state index in [9.17, 15) is 4.79 Å². The van der Waals surface area contributed by atoms with E-state index in [0.29, 0.717) is 5.82 Å². The van der Waals surface area contributed by atoms with E-state index in [1.165, 1.54) is 0 Å². The highest BCUT2D eigenvalue weighted by Crippen LogP contribution is 2.29. The van der Waals surface area contributed by atoms with Gasteiger partial charge in [-0.2, -0.15) is 0 Å². The first-order chi connectivity index (χ1) is 8.86. The van der Waals surface area contributed by atoms with Crippen molar-refractivity contribution in [3.05, 3.63) is 29.7 Å². The summed E-state index contributed by atoms with van der Waals surface area (Å²) in [6.07, 6.45) is 2.83. The third-order valence-electron chi connectivity index (χ3n) is 3.01. The van der Waals surface area contributed by atoms with Crippen molar-refractivity contribution in [2.45, 2.75) is 31.3 Å². The first-order valence-corrected chi connectivity index (χ1v) is 7.12. The Labute approximate surface area is 116 Å². The van der Waals surface area contributed by atoms with Crippen LogP contribution in [-0.2, 0) is 5.54 Å². The largest absolute Gasteiger partial charge is 0.465 e. The number of carboxylic acid groups (broad SMARTS) is 1. The third kappa shape index (κ3) is 2.40. The molecule has 0 aromatic carbocycles. The highest BCUT2D eigenvalue weighted by atomic mass is 32.2. The van der Waals surface area contributed by atoms with Gasteiger partial charge in [0.15, 0.2) is 0 Å². The SMILES string of the molecule is CSc1nc(C(C)(C)NC(=O)O)n2cccc(C)c12. The molecule has 0 bridgehead atoms. The molecule has 0 fully saturated rings. The zero-order valence-electron chi connectivity index (χ0n) is 11.4. The molecule has 0 saturated carbocycles. The van der Waals surface area contributed by atoms with Gasteiger partial charge < -0.3 is 14.8 Å². The predicted molar refractivity (Wildman–Crippen MR) is 75.9 cm³/mol. The van der Waals surface area contributed by atoms with Crippen LogP contribution < -0.4 is 5.32 Å². The number of aryl methyl sites for hydroxylation is 1. The second-order valence-electron chi connectivity index (χ2n) is 4.91. The minimum atomic E-state index is -1.06. The van der Waals surface area contributed by atoms with E-state index in [4.69, 9.17) is 5.11 Å². The quantitative estimate of drug-likeness (QED) is 0.848. The van der Waals surface area contributed by atoms with Gasteiger partial charge in [-0.1, -0.05) is 6.07 Å². The first-order valence-electron chi connectivity index (χ1n) is 5.90. The van der Waals surface area contributed by atoms with Gasteiger partial charge in [-0.3, -0.25) is 0 Å². The summed E-state index contributed by atoms with van der Waals surface area (Å²) in [6.45, 7) is 5.64. The van der Waals surface area contributed by atoms with E-state index < -0.39 is 11.6 Å². The Morgan fingerprint density at radius 1 is 1.53 bits per heavy atom. The Hall–Kier alpha value is -1.69. The molecule has 1 amide bonds. The molecule has 5 nitrogen and oxygen atoms in total. The van der Waals surface area contributed by atoms with Crippen LogP contribution in [0.2, 0.25) is 0 Å². The molecule has 0 aliphatic carbocycles. The molecule has 2 rings (SSSR count). The van der Waals surface area contributed by atoms with E-state index in [0.717, 1.165) is 16.1 Å². The Bertz CT molecular complexity index is 634. The number of aromatic nitrogens is 2. The summed E-state index contributed by atoms with van der Waals surface area (Å²) < 4.78 is 1.96. The Balaban J connectivity index is 2.68. The van der Waals surface area contributed by atoms with Crippen LogP contribution >= 0.6 is 11.8 Å². The zero-order chi connectivity index (χ0) is 14.2. The van der Waals surface area contributed by atoms with Crippen LogP contribution in [0, 0.1) is 6.92 Å². The number of hydrogen-bond donors (Lipinski definition) is 2. The Morgan fingerprint density at radius 2 is 2.21 bits per heavy atom. The summed E-state index contributed by atoms with van der Waals surface area (Å²) in [5.41, 5.74) is 1.40. The lowest BCUT2D eigenvalue weighted by Crippen LogP contribution is -2.41. The molecule has 0 aliphatic heterocycles. The minimum Gasteiger partial charge on any atom is -0.465 e. The third-order valence-corrected chi connectivity index (χ3v) is 3.68. The van der Waals surface area contributed by atoms with Crippen LogP contribution in [-0.4, -0.2) is 26.8 Å². The maximum atomic E-state index is 10.9. The summed E-state index contributed by atoms with van der Waals surface area (Å²) in [6, 6.07) is 3.96. The molecular weight excluding hydrogens is 262 g/mol. The monoisotopic (exact) mass is 279 g/mol. The lowest BCUT2D eigenvalue weighted by atomic mass is 10.1. The van der Waals surface area contributed by atoms with Gasteiger partial charge in [-0.25, -0.2) is 9.78 Å². The molecule has 0 unspecified atom stereocenters. The molecule has 0 spiro atoms. The van der Waals surface area contributed by atoms with Gasteiger partial charge in [0.2, 0.25) is 0 Å². The average Bonchev–Trinajstić information content (AvgIpc) is 2.68. The number of pyridine rings is 1. The number of hydrogen-bond acceptors (Lipinski definition) is 3. The molecule has 6 heteroatoms. The second-order valence-corrected chi connectivity index (χ2v) is 5.70. The van der Waals surface area contributed by atoms with E-state index in [1.54, 1.807) is 11.8 Å². The molecule has 0 saturated heterocycles. The van der Waals surface area contributed by atoms with Crippen LogP contribution in [0.1, 0.15) is 25.2 Å². The van der Waals surface area contributed by atoms with E-state index in [1.807, 2.05) is 49.8 Å². The van der Waals surface area contributed by atoms with E-state index in [-0.39, 0.29) is 0 Å². The molecule has 0 radical (unpaired) electrons. The molecule has 19 heavy (non-hydrogen) atoms. The van der Waals surface area contributed by atoms with Crippen LogP contribution in [0.15, 0.2) is 23.4 Å². The molecule has 2 heterocycles. The maximum absolute atomic E-state index is 10.9. The minimum absolute atomic E-state index is 0.693. The number of thioether (sulfide) groups is 1. The second kappa shape index (κ2) is 4.77. The standard InChI is InChI=1S/C13H17N3O2S/c1-8-6-5-7-16-9(8)10(19-4)14-11(16)13(2,3)15-12(17)18/h5-7,15H,1-4H3,(H,17,18). The summed E-state index contributed by atoms with van der Waals surface area (Å²) in [5, 5.41) is 12.4. The van der Waals surface area contributed by atoms with Gasteiger partial charge in [0.05, 0.1) is 11.1 Å². The van der Waals surface area contributed by atoms with Crippen molar-refractivity contribution < 1.29 is 9.90 Å². The van der Waals surface area contributed by atoms with Crippen LogP contribution in [0.25, 0.3) is 5.52 Å². The topological polar surface area (TPSA) is 66.6 Å². The molecule has 2 aromatic rings. The number of amides is 1. The number of imidazole rings is 1. The average molecular weight is 279 g/mol. The Kier molecular flexibility index (Phi) is 3.45. The van der Waals surface area contributed by atoms with Crippen LogP contribution in [0.4, 0.5) is 4.79 Å². The first kappa shape index (κ1) is 13.7. The predicted octanol–water partition coefficient (Wildman–Crippen LogP) is 2.87. The lowest BCUT2D eigenvalue weighted by Gasteiger charge is -2.23. The van der Waals surface area contributed by atoms with Crippen molar-refractivity contribution in [1.29, 1.82) is 0 Å². The van der Waals surface area contributed by atoms with Crippen molar-refractivity contribution >= 4 is 23.4 Å². The van der Waals surface area contributed by atoms with Crippen molar-refractivity contribution in [2.75, 3.05) is 6.26 Å². The Morgan fingerprint density at radius 3 is 2.79 bits per heavy atom. The number of nitrogens with one attached hydrogen (secondary N) is 1. The molecule has 0 atom stereocenters. The van der Waals surface area contributed by atoms with Gasteiger partial charge >= 0.3 is 6.09 Å². The number of fused-ring (bicyclic) bond motifs is 1. The van der Waals surface area contributed by atoms with Crippen LogP contribution in [0.5, 0.6) is 0 Å². The number of carbonyl (C=O) groups is 1. The number of nitrogens with zero attached hydrogens (tertiary/aromatic N) is 2. The molecular formula is C13H17N3O2S. The summed E-state index contributed by atoms with van der Waals surface area (Å²) in [7, 11) is 0. The maximum Gasteiger partial charge on any atom is 0.405 e. The molecule has 2 aromatic heterocycles. The van der Waals surface area contributed by atoms with Crippen molar-refractivity contribution in [3.8, 4) is 0 Å². The van der Waals surface area contributed by atoms with Gasteiger partial charge in [-0.15, -0.1) is 11.8 Å². The van der Waals surface area contributed by atoms with Crippen molar-refractivity contribution in [2.24, 2.45) is 0 Å². The fourth-order valence-corrected chi connectivity index (χ4v) is 2.80. The molecule has 0 aliphatic rings. The van der Waals surface area contributed by atoms with Gasteiger partial charge in [0, 0.05) is 6.20 Å². The highest BCUT2D eigenvalue weighted by molar-refractivity contribution is 7.98. The van der Waals surface area contributed by atoms with Crippen molar-refractivity contribution in [1.82, 2.24) is 14.7 Å². The smallest absolute Gasteiger partial charge is 0.405 e. The van der Waals surface area contributed by atoms with Gasteiger partial charge in [-0.05, 0) is 38.7 Å². The van der Waals surface area contributed by atoms with Crippen molar-refractivity contribution in [3.63, 3.8) is 0 Å². The van der Waals surface area contributed by atoms with Gasteiger partial charge in [0.25, 0.3) is 0 Å². The number of rotatable bonds is 3. The fraction of sp³-hybridized carbons (Fsp3) is 0.385. The fourth-order valence-electron chi connectivity index (χ4n) is 2.17. The highest BCUT2D eigenvalue weighted by Gasteiger charge is 2.29. The van der Waals surface area contributed by atoms with E-state index >= 15 is 0 Å². The van der Waals surface area contributed by atoms with Crippen LogP contribution in [0.3, 0.4) is 0 Å². The summed E-state index contributed by atoms with van der Waals surface area (Å²) in [4.78, 5) is 15.5.